The van der Waals surface area contributed by atoms with Gasteiger partial charge in [-0.1, -0.05) is 35.6 Å². The molecule has 2 aromatic heterocycles. The highest BCUT2D eigenvalue weighted by Gasteiger charge is 2.16. The maximum atomic E-state index is 13.3. The zero-order valence-electron chi connectivity index (χ0n) is 15.3. The molecular weight excluding hydrogens is 372 g/mol. The third-order valence-corrected chi connectivity index (χ3v) is 5.88. The second kappa shape index (κ2) is 6.35. The van der Waals surface area contributed by atoms with Crippen LogP contribution in [-0.4, -0.2) is 23.6 Å². The minimum absolute atomic E-state index is 0.0758. The van der Waals surface area contributed by atoms with Crippen LogP contribution in [0.4, 0.5) is 0 Å². The SMILES string of the molecule is COc1cccc(OC)c1-c1ccc2nc3sc4ccccc4n3c(=O)c2c1. The summed E-state index contributed by atoms with van der Waals surface area (Å²) >= 11 is 1.52. The smallest absolute Gasteiger partial charge is 0.266 e. The van der Waals surface area contributed by atoms with E-state index >= 15 is 0 Å². The van der Waals surface area contributed by atoms with E-state index in [-0.39, 0.29) is 5.56 Å². The molecule has 0 fully saturated rings. The lowest BCUT2D eigenvalue weighted by atomic mass is 10.0. The van der Waals surface area contributed by atoms with E-state index in [1.807, 2.05) is 60.7 Å². The topological polar surface area (TPSA) is 52.8 Å². The first-order chi connectivity index (χ1) is 13.7. The molecule has 0 aliphatic heterocycles. The van der Waals surface area contributed by atoms with Crippen LogP contribution in [0.2, 0.25) is 0 Å². The molecule has 0 unspecified atom stereocenters. The van der Waals surface area contributed by atoms with Gasteiger partial charge in [0.2, 0.25) is 0 Å². The first kappa shape index (κ1) is 16.8. The zero-order chi connectivity index (χ0) is 19.3. The average Bonchev–Trinajstić information content (AvgIpc) is 3.11. The van der Waals surface area contributed by atoms with Gasteiger partial charge in [-0.25, -0.2) is 4.98 Å². The number of fused-ring (bicyclic) bond motifs is 4. The van der Waals surface area contributed by atoms with E-state index in [9.17, 15) is 4.79 Å². The highest BCUT2D eigenvalue weighted by molar-refractivity contribution is 7.23. The molecule has 0 radical (unpaired) electrons. The number of benzene rings is 3. The number of rotatable bonds is 3. The third kappa shape index (κ3) is 2.38. The summed E-state index contributed by atoms with van der Waals surface area (Å²) in [5.74, 6) is 1.38. The third-order valence-electron chi connectivity index (χ3n) is 4.86. The first-order valence-electron chi connectivity index (χ1n) is 8.76. The second-order valence-corrected chi connectivity index (χ2v) is 7.38. The highest BCUT2D eigenvalue weighted by atomic mass is 32.1. The number of nitrogens with zero attached hydrogens (tertiary/aromatic N) is 2. The molecule has 28 heavy (non-hydrogen) atoms. The lowest BCUT2D eigenvalue weighted by molar-refractivity contribution is 0.397. The lowest BCUT2D eigenvalue weighted by Gasteiger charge is -2.13. The molecule has 5 nitrogen and oxygen atoms in total. The molecule has 0 amide bonds. The van der Waals surface area contributed by atoms with Crippen LogP contribution in [0.25, 0.3) is 37.2 Å². The Morgan fingerprint density at radius 1 is 0.929 bits per heavy atom. The summed E-state index contributed by atoms with van der Waals surface area (Å²) in [6.07, 6.45) is 0. The van der Waals surface area contributed by atoms with Crippen molar-refractivity contribution >= 4 is 37.4 Å². The number of ether oxygens (including phenoxy) is 2. The van der Waals surface area contributed by atoms with Gasteiger partial charge >= 0.3 is 0 Å². The van der Waals surface area contributed by atoms with Crippen LogP contribution in [0.15, 0.2) is 65.5 Å². The largest absolute Gasteiger partial charge is 0.496 e. The molecule has 5 aromatic rings. The van der Waals surface area contributed by atoms with Crippen molar-refractivity contribution in [2.45, 2.75) is 0 Å². The standard InChI is InChI=1S/C22H16N2O3S/c1-26-17-7-5-8-18(27-2)20(17)13-10-11-15-14(12-13)21(25)24-16-6-3-4-9-19(16)28-22(24)23-15/h3-12H,1-2H3. The molecule has 0 saturated carbocycles. The molecule has 0 aliphatic carbocycles. The summed E-state index contributed by atoms with van der Waals surface area (Å²) < 4.78 is 13.8. The summed E-state index contributed by atoms with van der Waals surface area (Å²) in [6.45, 7) is 0. The molecule has 3 aromatic carbocycles. The molecule has 5 rings (SSSR count). The molecule has 0 atom stereocenters. The molecule has 0 saturated heterocycles. The van der Waals surface area contributed by atoms with Crippen LogP contribution in [0.5, 0.6) is 11.5 Å². The Hall–Kier alpha value is -3.38. The van der Waals surface area contributed by atoms with Gasteiger partial charge in [-0.05, 0) is 42.0 Å². The Morgan fingerprint density at radius 3 is 2.43 bits per heavy atom. The number of para-hydroxylation sites is 1. The Labute approximate surface area is 164 Å². The van der Waals surface area contributed by atoms with Gasteiger partial charge in [0.25, 0.3) is 5.56 Å². The fourth-order valence-corrected chi connectivity index (χ4v) is 4.59. The van der Waals surface area contributed by atoms with Crippen molar-refractivity contribution in [3.63, 3.8) is 0 Å². The first-order valence-corrected chi connectivity index (χ1v) is 9.58. The molecule has 0 bridgehead atoms. The number of thiazole rings is 1. The lowest BCUT2D eigenvalue weighted by Crippen LogP contribution is -2.13. The monoisotopic (exact) mass is 388 g/mol. The van der Waals surface area contributed by atoms with E-state index in [1.165, 1.54) is 11.3 Å². The van der Waals surface area contributed by atoms with Gasteiger partial charge in [0.05, 0.1) is 40.9 Å². The van der Waals surface area contributed by atoms with E-state index in [1.54, 1.807) is 18.6 Å². The molecule has 0 N–H and O–H groups in total. The van der Waals surface area contributed by atoms with Crippen LogP contribution < -0.4 is 15.0 Å². The summed E-state index contributed by atoms with van der Waals surface area (Å²) in [4.78, 5) is 18.7. The van der Waals surface area contributed by atoms with Gasteiger partial charge < -0.3 is 9.47 Å². The number of hydrogen-bond donors (Lipinski definition) is 0. The van der Waals surface area contributed by atoms with Crippen LogP contribution in [0.1, 0.15) is 0 Å². The van der Waals surface area contributed by atoms with E-state index in [0.29, 0.717) is 27.4 Å². The van der Waals surface area contributed by atoms with E-state index in [4.69, 9.17) is 14.5 Å². The fraction of sp³-hybridized carbons (Fsp3) is 0.0909. The molecular formula is C22H16N2O3S. The predicted molar refractivity (Wildman–Crippen MR) is 113 cm³/mol. The Kier molecular flexibility index (Phi) is 3.80. The normalized spacial score (nSPS) is 11.4. The van der Waals surface area contributed by atoms with E-state index in [2.05, 4.69) is 0 Å². The number of aromatic nitrogens is 2. The van der Waals surface area contributed by atoms with Crippen LogP contribution in [0.3, 0.4) is 0 Å². The number of hydrogen-bond acceptors (Lipinski definition) is 5. The van der Waals surface area contributed by atoms with Gasteiger partial charge in [0.1, 0.15) is 11.5 Å². The van der Waals surface area contributed by atoms with Crippen molar-refractivity contribution in [3.8, 4) is 22.6 Å². The summed E-state index contributed by atoms with van der Waals surface area (Å²) in [5.41, 5.74) is 3.14. The van der Waals surface area contributed by atoms with Crippen LogP contribution >= 0.6 is 11.3 Å². The second-order valence-electron chi connectivity index (χ2n) is 6.37. The van der Waals surface area contributed by atoms with E-state index < -0.39 is 0 Å². The van der Waals surface area contributed by atoms with Crippen molar-refractivity contribution in [2.24, 2.45) is 0 Å². The maximum absolute atomic E-state index is 13.3. The minimum atomic E-state index is -0.0758. The minimum Gasteiger partial charge on any atom is -0.496 e. The van der Waals surface area contributed by atoms with Crippen molar-refractivity contribution in [3.05, 3.63) is 71.0 Å². The van der Waals surface area contributed by atoms with Gasteiger partial charge in [0, 0.05) is 0 Å². The Morgan fingerprint density at radius 2 is 1.68 bits per heavy atom. The Bertz CT molecular complexity index is 1400. The van der Waals surface area contributed by atoms with Gasteiger partial charge in [-0.2, -0.15) is 0 Å². The van der Waals surface area contributed by atoms with Gasteiger partial charge in [0.15, 0.2) is 4.96 Å². The van der Waals surface area contributed by atoms with Crippen molar-refractivity contribution in [1.29, 1.82) is 0 Å². The van der Waals surface area contributed by atoms with Gasteiger partial charge in [-0.15, -0.1) is 0 Å². The maximum Gasteiger partial charge on any atom is 0.266 e. The van der Waals surface area contributed by atoms with Crippen molar-refractivity contribution in [1.82, 2.24) is 9.38 Å². The average molecular weight is 388 g/mol. The van der Waals surface area contributed by atoms with Gasteiger partial charge in [-0.3, -0.25) is 9.20 Å². The fourth-order valence-electron chi connectivity index (χ4n) is 3.56. The van der Waals surface area contributed by atoms with E-state index in [0.717, 1.165) is 21.3 Å². The molecule has 138 valence electrons. The predicted octanol–water partition coefficient (Wildman–Crippen LogP) is 4.75. The van der Waals surface area contributed by atoms with Crippen LogP contribution in [-0.2, 0) is 0 Å². The summed E-state index contributed by atoms with van der Waals surface area (Å²) in [6, 6.07) is 19.2. The zero-order valence-corrected chi connectivity index (χ0v) is 16.1. The summed E-state index contributed by atoms with van der Waals surface area (Å²) in [7, 11) is 3.24. The van der Waals surface area contributed by atoms with Crippen LogP contribution in [0, 0.1) is 0 Å². The quantitative estimate of drug-likeness (QED) is 0.448. The van der Waals surface area contributed by atoms with Crippen molar-refractivity contribution < 1.29 is 9.47 Å². The summed E-state index contributed by atoms with van der Waals surface area (Å²) in [5, 5.41) is 0.562. The molecule has 6 heteroatoms. The van der Waals surface area contributed by atoms with Crippen molar-refractivity contribution in [2.75, 3.05) is 14.2 Å². The molecule has 2 heterocycles. The highest BCUT2D eigenvalue weighted by Crippen LogP contribution is 2.39. The molecule has 0 spiro atoms. The Balaban J connectivity index is 1.85. The molecule has 0 aliphatic rings. The number of methoxy groups -OCH3 is 2.